The standard InChI is InChI=1S/C17H25Cl2NO/c1-17(2,3)13-5-4-7-20(8-6-13)11-12-9-14(18)10-15(19)16(12)21/h9-10,13,21H,4-8,11H2,1-3H3. The smallest absolute Gasteiger partial charge is 0.138 e. The molecule has 1 aromatic carbocycles. The summed E-state index contributed by atoms with van der Waals surface area (Å²) < 4.78 is 0. The maximum Gasteiger partial charge on any atom is 0.138 e. The van der Waals surface area contributed by atoms with E-state index in [-0.39, 0.29) is 5.75 Å². The summed E-state index contributed by atoms with van der Waals surface area (Å²) >= 11 is 12.0. The lowest BCUT2D eigenvalue weighted by molar-refractivity contribution is 0.206. The topological polar surface area (TPSA) is 23.5 Å². The summed E-state index contributed by atoms with van der Waals surface area (Å²) in [5.41, 5.74) is 1.19. The van der Waals surface area contributed by atoms with E-state index in [1.807, 2.05) is 6.07 Å². The normalized spacial score (nSPS) is 21.3. The molecule has 1 heterocycles. The van der Waals surface area contributed by atoms with Gasteiger partial charge in [-0.25, -0.2) is 0 Å². The Hall–Kier alpha value is -0.440. The largest absolute Gasteiger partial charge is 0.506 e. The quantitative estimate of drug-likeness (QED) is 0.790. The Balaban J connectivity index is 2.04. The van der Waals surface area contributed by atoms with Crippen molar-refractivity contribution in [2.45, 2.75) is 46.6 Å². The summed E-state index contributed by atoms with van der Waals surface area (Å²) in [6.45, 7) is 9.83. The maximum atomic E-state index is 10.1. The van der Waals surface area contributed by atoms with E-state index in [1.165, 1.54) is 19.3 Å². The highest BCUT2D eigenvalue weighted by Gasteiger charge is 2.27. The Labute approximate surface area is 138 Å². The lowest BCUT2D eigenvalue weighted by atomic mass is 9.77. The van der Waals surface area contributed by atoms with Gasteiger partial charge >= 0.3 is 0 Å². The minimum Gasteiger partial charge on any atom is -0.506 e. The van der Waals surface area contributed by atoms with Gasteiger partial charge < -0.3 is 5.11 Å². The molecule has 1 aliphatic rings. The van der Waals surface area contributed by atoms with E-state index in [2.05, 4.69) is 25.7 Å². The van der Waals surface area contributed by atoms with Gasteiger partial charge in [-0.05, 0) is 55.8 Å². The maximum absolute atomic E-state index is 10.1. The number of rotatable bonds is 2. The second kappa shape index (κ2) is 6.76. The molecule has 0 aromatic heterocycles. The third-order valence-corrected chi connectivity index (χ3v) is 5.05. The van der Waals surface area contributed by atoms with Crippen molar-refractivity contribution in [3.63, 3.8) is 0 Å². The van der Waals surface area contributed by atoms with Gasteiger partial charge in [0.05, 0.1) is 5.02 Å². The van der Waals surface area contributed by atoms with E-state index < -0.39 is 0 Å². The van der Waals surface area contributed by atoms with Crippen LogP contribution < -0.4 is 0 Å². The summed E-state index contributed by atoms with van der Waals surface area (Å²) in [7, 11) is 0. The first kappa shape index (κ1) is 16.9. The molecule has 1 atom stereocenters. The summed E-state index contributed by atoms with van der Waals surface area (Å²) in [5, 5.41) is 11.0. The molecule has 0 radical (unpaired) electrons. The van der Waals surface area contributed by atoms with E-state index in [9.17, 15) is 5.11 Å². The summed E-state index contributed by atoms with van der Waals surface area (Å²) in [4.78, 5) is 2.40. The van der Waals surface area contributed by atoms with Crippen LogP contribution in [0.1, 0.15) is 45.6 Å². The highest BCUT2D eigenvalue weighted by Crippen LogP contribution is 2.36. The number of nitrogens with zero attached hydrogens (tertiary/aromatic N) is 1. The molecular formula is C17H25Cl2NO. The Bertz CT molecular complexity index is 496. The monoisotopic (exact) mass is 329 g/mol. The summed E-state index contributed by atoms with van der Waals surface area (Å²) in [5.74, 6) is 0.928. The second-order valence-corrected chi connectivity index (χ2v) is 8.01. The van der Waals surface area contributed by atoms with Crippen molar-refractivity contribution in [2.75, 3.05) is 13.1 Å². The van der Waals surface area contributed by atoms with Gasteiger partial charge in [0.1, 0.15) is 5.75 Å². The molecule has 1 aromatic rings. The highest BCUT2D eigenvalue weighted by atomic mass is 35.5. The van der Waals surface area contributed by atoms with Crippen LogP contribution in [0.2, 0.25) is 10.0 Å². The molecule has 0 spiro atoms. The van der Waals surface area contributed by atoms with Gasteiger partial charge in [0.15, 0.2) is 0 Å². The van der Waals surface area contributed by atoms with Crippen LogP contribution >= 0.6 is 23.2 Å². The molecule has 2 nitrogen and oxygen atoms in total. The molecule has 1 saturated heterocycles. The van der Waals surface area contributed by atoms with Crippen LogP contribution in [0.25, 0.3) is 0 Å². The first-order valence-electron chi connectivity index (χ1n) is 7.66. The molecule has 1 N–H and O–H groups in total. The van der Waals surface area contributed by atoms with Crippen molar-refractivity contribution in [1.29, 1.82) is 0 Å². The average molecular weight is 330 g/mol. The van der Waals surface area contributed by atoms with Crippen LogP contribution in [0.5, 0.6) is 5.75 Å². The van der Waals surface area contributed by atoms with Crippen LogP contribution in [0, 0.1) is 11.3 Å². The van der Waals surface area contributed by atoms with Gasteiger partial charge in [0.2, 0.25) is 0 Å². The SMILES string of the molecule is CC(C)(C)C1CCCN(Cc2cc(Cl)cc(Cl)c2O)CC1. The average Bonchev–Trinajstić information content (AvgIpc) is 2.60. The number of phenols is 1. The van der Waals surface area contributed by atoms with E-state index >= 15 is 0 Å². The molecule has 4 heteroatoms. The third-order valence-electron chi connectivity index (χ3n) is 4.55. The summed E-state index contributed by atoms with van der Waals surface area (Å²) in [6.07, 6.45) is 3.69. The van der Waals surface area contributed by atoms with Gasteiger partial charge in [-0.2, -0.15) is 0 Å². The molecule has 0 bridgehead atoms. The fraction of sp³-hybridized carbons (Fsp3) is 0.647. The molecule has 0 amide bonds. The minimum absolute atomic E-state index is 0.165. The zero-order valence-corrected chi connectivity index (χ0v) is 14.6. The van der Waals surface area contributed by atoms with Gasteiger partial charge in [-0.1, -0.05) is 44.0 Å². The number of aromatic hydroxyl groups is 1. The van der Waals surface area contributed by atoms with E-state index in [0.29, 0.717) is 22.0 Å². The number of phenolic OH excluding ortho intramolecular Hbond substituents is 1. The first-order valence-corrected chi connectivity index (χ1v) is 8.42. The van der Waals surface area contributed by atoms with E-state index in [4.69, 9.17) is 23.2 Å². The van der Waals surface area contributed by atoms with Crippen molar-refractivity contribution >= 4 is 23.2 Å². The predicted octanol–water partition coefficient (Wildman–Crippen LogP) is 5.35. The van der Waals surface area contributed by atoms with E-state index in [1.54, 1.807) is 6.07 Å². The van der Waals surface area contributed by atoms with Crippen LogP contribution in [-0.2, 0) is 6.54 Å². The second-order valence-electron chi connectivity index (χ2n) is 7.17. The van der Waals surface area contributed by atoms with Crippen molar-refractivity contribution in [3.8, 4) is 5.75 Å². The number of hydrogen-bond acceptors (Lipinski definition) is 2. The molecule has 0 aliphatic carbocycles. The number of benzene rings is 1. The predicted molar refractivity (Wildman–Crippen MR) is 90.2 cm³/mol. The molecule has 2 rings (SSSR count). The molecule has 1 fully saturated rings. The van der Waals surface area contributed by atoms with Crippen molar-refractivity contribution < 1.29 is 5.11 Å². The molecule has 0 saturated carbocycles. The Kier molecular flexibility index (Phi) is 5.45. The highest BCUT2D eigenvalue weighted by molar-refractivity contribution is 6.35. The van der Waals surface area contributed by atoms with Crippen LogP contribution in [0.4, 0.5) is 0 Å². The van der Waals surface area contributed by atoms with Crippen molar-refractivity contribution in [1.82, 2.24) is 4.90 Å². The fourth-order valence-corrected chi connectivity index (χ4v) is 3.70. The molecule has 118 valence electrons. The lowest BCUT2D eigenvalue weighted by Crippen LogP contribution is -2.26. The minimum atomic E-state index is 0.165. The van der Waals surface area contributed by atoms with Gasteiger partial charge in [0.25, 0.3) is 0 Å². The number of hydrogen-bond donors (Lipinski definition) is 1. The number of halogens is 2. The Morgan fingerprint density at radius 3 is 2.57 bits per heavy atom. The molecule has 21 heavy (non-hydrogen) atoms. The molecule has 1 aliphatic heterocycles. The Morgan fingerprint density at radius 2 is 1.90 bits per heavy atom. The number of likely N-dealkylation sites (tertiary alicyclic amines) is 1. The van der Waals surface area contributed by atoms with Gasteiger partial charge in [-0.15, -0.1) is 0 Å². The van der Waals surface area contributed by atoms with E-state index in [0.717, 1.165) is 24.6 Å². The van der Waals surface area contributed by atoms with Crippen LogP contribution in [-0.4, -0.2) is 23.1 Å². The van der Waals surface area contributed by atoms with Crippen molar-refractivity contribution in [2.24, 2.45) is 11.3 Å². The van der Waals surface area contributed by atoms with Crippen molar-refractivity contribution in [3.05, 3.63) is 27.7 Å². The lowest BCUT2D eigenvalue weighted by Gasteiger charge is -2.29. The van der Waals surface area contributed by atoms with Crippen LogP contribution in [0.3, 0.4) is 0 Å². The van der Waals surface area contributed by atoms with Crippen LogP contribution in [0.15, 0.2) is 12.1 Å². The van der Waals surface area contributed by atoms with Gasteiger partial charge in [0, 0.05) is 17.1 Å². The zero-order chi connectivity index (χ0) is 15.6. The summed E-state index contributed by atoms with van der Waals surface area (Å²) in [6, 6.07) is 3.40. The zero-order valence-electron chi connectivity index (χ0n) is 13.1. The van der Waals surface area contributed by atoms with Gasteiger partial charge in [-0.3, -0.25) is 4.90 Å². The first-order chi connectivity index (χ1) is 9.77. The fourth-order valence-electron chi connectivity index (χ4n) is 3.16. The Morgan fingerprint density at radius 1 is 1.19 bits per heavy atom. The third kappa shape index (κ3) is 4.51. The molecule has 1 unspecified atom stereocenters. The molecular weight excluding hydrogens is 305 g/mol.